The van der Waals surface area contributed by atoms with Crippen LogP contribution in [-0.2, 0) is 0 Å². The zero-order valence-electron chi connectivity index (χ0n) is 12.8. The minimum atomic E-state index is 0.926. The molecule has 0 fully saturated rings. The second-order valence-electron chi connectivity index (χ2n) is 5.09. The van der Waals surface area contributed by atoms with Crippen molar-refractivity contribution in [3.8, 4) is 0 Å². The van der Waals surface area contributed by atoms with Crippen LogP contribution in [0, 0.1) is 5.41 Å². The van der Waals surface area contributed by atoms with Gasteiger partial charge in [-0.2, -0.15) is 0 Å². The third-order valence-electron chi connectivity index (χ3n) is 3.10. The number of rotatable bonds is 7. The first kappa shape index (κ1) is 16.2. The largest absolute Gasteiger partial charge is 0.308 e. The standard InChI is InChI=1S/C15H25N5/c1-12(19-18-11-17-2)15(9-16)14-7-5-13(6-8-14)10-20(3)4/h5,7,9,11,16,19H,6,8,10H2,1-4H3,(H,17,18). The summed E-state index contributed by atoms with van der Waals surface area (Å²) in [6.07, 6.45) is 9.32. The Balaban J connectivity index is 2.80. The predicted molar refractivity (Wildman–Crippen MR) is 86.1 cm³/mol. The lowest BCUT2D eigenvalue weighted by molar-refractivity contribution is 0.438. The number of hydrazine groups is 1. The topological polar surface area (TPSA) is 63.5 Å². The lowest BCUT2D eigenvalue weighted by Crippen LogP contribution is -2.30. The highest BCUT2D eigenvalue weighted by molar-refractivity contribution is 5.83. The lowest BCUT2D eigenvalue weighted by atomic mass is 9.92. The maximum Gasteiger partial charge on any atom is 0.100 e. The number of likely N-dealkylation sites (N-methyl/N-ethyl adjacent to an activating group) is 1. The SMILES string of the molecule is CN=CNNC(C)=C(C=N)C1=CC=C(CN(C)C)CC1. The summed E-state index contributed by atoms with van der Waals surface area (Å²) < 4.78 is 0. The van der Waals surface area contributed by atoms with Crippen molar-refractivity contribution in [3.05, 3.63) is 34.6 Å². The Hall–Kier alpha value is -1.88. The summed E-state index contributed by atoms with van der Waals surface area (Å²) in [5, 5.41) is 7.62. The molecule has 0 saturated heterocycles. The number of allylic oxidation sites excluding steroid dienone is 5. The quantitative estimate of drug-likeness (QED) is 0.377. The molecule has 0 aromatic rings. The first-order valence-electron chi connectivity index (χ1n) is 6.75. The van der Waals surface area contributed by atoms with Gasteiger partial charge >= 0.3 is 0 Å². The van der Waals surface area contributed by atoms with Gasteiger partial charge in [0.15, 0.2) is 0 Å². The van der Waals surface area contributed by atoms with Crippen LogP contribution >= 0.6 is 0 Å². The molecule has 110 valence electrons. The van der Waals surface area contributed by atoms with Gasteiger partial charge in [-0.15, -0.1) is 0 Å². The normalized spacial score (nSPS) is 16.6. The van der Waals surface area contributed by atoms with Crippen molar-refractivity contribution in [2.75, 3.05) is 27.7 Å². The summed E-state index contributed by atoms with van der Waals surface area (Å²) in [7, 11) is 5.86. The molecule has 0 unspecified atom stereocenters. The van der Waals surface area contributed by atoms with Crippen molar-refractivity contribution in [2.45, 2.75) is 19.8 Å². The van der Waals surface area contributed by atoms with Crippen LogP contribution in [0.4, 0.5) is 0 Å². The molecule has 0 radical (unpaired) electrons. The lowest BCUT2D eigenvalue weighted by Gasteiger charge is -2.19. The second kappa shape index (κ2) is 8.32. The van der Waals surface area contributed by atoms with Crippen molar-refractivity contribution < 1.29 is 0 Å². The van der Waals surface area contributed by atoms with Gasteiger partial charge in [0.25, 0.3) is 0 Å². The number of nitrogens with one attached hydrogen (secondary N) is 3. The van der Waals surface area contributed by atoms with Gasteiger partial charge in [0.05, 0.1) is 0 Å². The summed E-state index contributed by atoms with van der Waals surface area (Å²) >= 11 is 0. The van der Waals surface area contributed by atoms with Gasteiger partial charge in [-0.3, -0.25) is 10.4 Å². The summed E-state index contributed by atoms with van der Waals surface area (Å²) in [6, 6.07) is 0. The van der Waals surface area contributed by atoms with Crippen molar-refractivity contribution >= 4 is 12.6 Å². The second-order valence-corrected chi connectivity index (χ2v) is 5.09. The van der Waals surface area contributed by atoms with Gasteiger partial charge < -0.3 is 15.7 Å². The van der Waals surface area contributed by atoms with E-state index in [0.717, 1.165) is 30.7 Å². The zero-order chi connectivity index (χ0) is 15.0. The summed E-state index contributed by atoms with van der Waals surface area (Å²) in [4.78, 5) is 6.02. The Kier molecular flexibility index (Phi) is 6.73. The first-order valence-corrected chi connectivity index (χ1v) is 6.75. The predicted octanol–water partition coefficient (Wildman–Crippen LogP) is 1.87. The van der Waals surface area contributed by atoms with Gasteiger partial charge in [-0.05, 0) is 39.4 Å². The highest BCUT2D eigenvalue weighted by atomic mass is 15.4. The molecule has 3 N–H and O–H groups in total. The monoisotopic (exact) mass is 275 g/mol. The van der Waals surface area contributed by atoms with Crippen molar-refractivity contribution in [1.29, 1.82) is 5.41 Å². The number of hydrogen-bond donors (Lipinski definition) is 3. The molecule has 0 aromatic heterocycles. The Labute approximate surface area is 121 Å². The van der Waals surface area contributed by atoms with Gasteiger partial charge in [0, 0.05) is 31.1 Å². The number of hydrogen-bond acceptors (Lipinski definition) is 4. The Morgan fingerprint density at radius 1 is 1.40 bits per heavy atom. The molecular weight excluding hydrogens is 250 g/mol. The molecule has 1 aliphatic rings. The molecule has 0 aliphatic heterocycles. The van der Waals surface area contributed by atoms with E-state index in [1.807, 2.05) is 6.92 Å². The van der Waals surface area contributed by atoms with Gasteiger partial charge in [-0.25, -0.2) is 0 Å². The van der Waals surface area contributed by atoms with E-state index in [-0.39, 0.29) is 0 Å². The minimum Gasteiger partial charge on any atom is -0.308 e. The van der Waals surface area contributed by atoms with E-state index in [0.29, 0.717) is 0 Å². The van der Waals surface area contributed by atoms with Crippen LogP contribution < -0.4 is 10.9 Å². The smallest absolute Gasteiger partial charge is 0.100 e. The highest BCUT2D eigenvalue weighted by Crippen LogP contribution is 2.24. The molecule has 5 nitrogen and oxygen atoms in total. The summed E-state index contributed by atoms with van der Waals surface area (Å²) in [6.45, 7) is 2.95. The van der Waals surface area contributed by atoms with Crippen molar-refractivity contribution in [1.82, 2.24) is 15.8 Å². The van der Waals surface area contributed by atoms with Crippen molar-refractivity contribution in [2.24, 2.45) is 4.99 Å². The number of nitrogens with zero attached hydrogens (tertiary/aromatic N) is 2. The molecular formula is C15H25N5. The van der Waals surface area contributed by atoms with E-state index in [1.165, 1.54) is 17.4 Å². The van der Waals surface area contributed by atoms with Crippen LogP contribution in [0.5, 0.6) is 0 Å². The highest BCUT2D eigenvalue weighted by Gasteiger charge is 2.11. The Morgan fingerprint density at radius 3 is 2.65 bits per heavy atom. The fourth-order valence-electron chi connectivity index (χ4n) is 2.16. The summed E-state index contributed by atoms with van der Waals surface area (Å²) in [5.74, 6) is 0. The molecule has 1 aliphatic carbocycles. The fraction of sp³-hybridized carbons (Fsp3) is 0.467. The molecule has 0 atom stereocenters. The first-order chi connectivity index (χ1) is 9.58. The van der Waals surface area contributed by atoms with E-state index in [4.69, 9.17) is 5.41 Å². The van der Waals surface area contributed by atoms with E-state index in [9.17, 15) is 0 Å². The molecule has 0 amide bonds. The van der Waals surface area contributed by atoms with Crippen molar-refractivity contribution in [3.63, 3.8) is 0 Å². The van der Waals surface area contributed by atoms with E-state index >= 15 is 0 Å². The van der Waals surface area contributed by atoms with Crippen LogP contribution in [0.2, 0.25) is 0 Å². The molecule has 0 aromatic carbocycles. The molecule has 20 heavy (non-hydrogen) atoms. The fourth-order valence-corrected chi connectivity index (χ4v) is 2.16. The third-order valence-corrected chi connectivity index (χ3v) is 3.10. The van der Waals surface area contributed by atoms with Gasteiger partial charge in [0.1, 0.15) is 6.34 Å². The van der Waals surface area contributed by atoms with Gasteiger partial charge in [-0.1, -0.05) is 17.7 Å². The van der Waals surface area contributed by atoms with Crippen LogP contribution in [0.1, 0.15) is 19.8 Å². The van der Waals surface area contributed by atoms with Crippen LogP contribution in [0.15, 0.2) is 39.6 Å². The molecule has 0 saturated carbocycles. The zero-order valence-corrected chi connectivity index (χ0v) is 12.8. The number of aliphatic imine (C=N–C) groups is 1. The van der Waals surface area contributed by atoms with E-state index in [1.54, 1.807) is 13.4 Å². The molecule has 1 rings (SSSR count). The van der Waals surface area contributed by atoms with Crippen LogP contribution in [0.3, 0.4) is 0 Å². The molecule has 0 heterocycles. The van der Waals surface area contributed by atoms with Gasteiger partial charge in [0.2, 0.25) is 0 Å². The molecule has 0 bridgehead atoms. The molecule has 0 spiro atoms. The average molecular weight is 275 g/mol. The summed E-state index contributed by atoms with van der Waals surface area (Å²) in [5.41, 5.74) is 10.4. The third kappa shape index (κ3) is 5.01. The maximum absolute atomic E-state index is 7.62. The maximum atomic E-state index is 7.62. The van der Waals surface area contributed by atoms with Crippen LogP contribution in [-0.4, -0.2) is 45.1 Å². The Bertz CT molecular complexity index is 455. The average Bonchev–Trinajstić information content (AvgIpc) is 2.41. The van der Waals surface area contributed by atoms with E-state index < -0.39 is 0 Å². The van der Waals surface area contributed by atoms with E-state index in [2.05, 4.69) is 47.0 Å². The Morgan fingerprint density at radius 2 is 2.15 bits per heavy atom. The molecule has 5 heteroatoms. The van der Waals surface area contributed by atoms with Crippen LogP contribution in [0.25, 0.3) is 0 Å². The minimum absolute atomic E-state index is 0.926.